The van der Waals surface area contributed by atoms with Crippen LogP contribution < -0.4 is 0 Å². The predicted molar refractivity (Wildman–Crippen MR) is 144 cm³/mol. The molecule has 0 fully saturated rings. The highest BCUT2D eigenvalue weighted by molar-refractivity contribution is 5.59. The summed E-state index contributed by atoms with van der Waals surface area (Å²) in [7, 11) is 0. The van der Waals surface area contributed by atoms with E-state index in [-0.39, 0.29) is 0 Å². The lowest BCUT2D eigenvalue weighted by atomic mass is 10.0. The van der Waals surface area contributed by atoms with Gasteiger partial charge in [-0.05, 0) is 12.8 Å². The lowest BCUT2D eigenvalue weighted by Gasteiger charge is -2.06. The molecular formula is C30H60O3. The molecule has 3 heteroatoms. The molecule has 0 aliphatic carbocycles. The van der Waals surface area contributed by atoms with E-state index in [9.17, 15) is 4.79 Å². The summed E-state index contributed by atoms with van der Waals surface area (Å²) in [5.41, 5.74) is 0. The number of hydrogen-bond donors (Lipinski definition) is 0. The van der Waals surface area contributed by atoms with Crippen molar-refractivity contribution in [1.29, 1.82) is 0 Å². The van der Waals surface area contributed by atoms with Gasteiger partial charge in [0.05, 0.1) is 13.2 Å². The first-order chi connectivity index (χ1) is 16.3. The molecule has 0 N–H and O–H groups in total. The van der Waals surface area contributed by atoms with Gasteiger partial charge in [-0.15, -0.1) is 0 Å². The Morgan fingerprint density at radius 1 is 0.364 bits per heavy atom. The van der Waals surface area contributed by atoms with E-state index in [1.54, 1.807) is 0 Å². The van der Waals surface area contributed by atoms with Crippen LogP contribution in [0, 0.1) is 0 Å². The standard InChI is InChI=1S/C30H60O3/c1-3-5-7-9-10-11-12-13-14-15-16-17-18-19-20-21-22-23-24-25-27-29-33-30(31)32-28-26-8-6-4-2/h3-29H2,1-2H3. The Hall–Kier alpha value is -0.730. The highest BCUT2D eigenvalue weighted by Gasteiger charge is 2.03. The molecule has 33 heavy (non-hydrogen) atoms. The van der Waals surface area contributed by atoms with Gasteiger partial charge in [0, 0.05) is 0 Å². The van der Waals surface area contributed by atoms with E-state index in [1.807, 2.05) is 0 Å². The molecular weight excluding hydrogens is 408 g/mol. The van der Waals surface area contributed by atoms with Crippen molar-refractivity contribution >= 4 is 6.16 Å². The van der Waals surface area contributed by atoms with Crippen LogP contribution in [0.5, 0.6) is 0 Å². The molecule has 0 saturated heterocycles. The van der Waals surface area contributed by atoms with Crippen LogP contribution in [-0.2, 0) is 9.47 Å². The molecule has 0 bridgehead atoms. The minimum Gasteiger partial charge on any atom is -0.434 e. The zero-order valence-electron chi connectivity index (χ0n) is 22.8. The number of hydrogen-bond acceptors (Lipinski definition) is 3. The van der Waals surface area contributed by atoms with Crippen molar-refractivity contribution < 1.29 is 14.3 Å². The van der Waals surface area contributed by atoms with E-state index in [1.165, 1.54) is 135 Å². The van der Waals surface area contributed by atoms with Crippen molar-refractivity contribution in [2.75, 3.05) is 13.2 Å². The van der Waals surface area contributed by atoms with Gasteiger partial charge in [-0.2, -0.15) is 0 Å². The Morgan fingerprint density at radius 3 is 0.848 bits per heavy atom. The van der Waals surface area contributed by atoms with Gasteiger partial charge in [0.2, 0.25) is 0 Å². The summed E-state index contributed by atoms with van der Waals surface area (Å²) in [4.78, 5) is 11.4. The van der Waals surface area contributed by atoms with Gasteiger partial charge < -0.3 is 9.47 Å². The average Bonchev–Trinajstić information content (AvgIpc) is 2.82. The lowest BCUT2D eigenvalue weighted by Crippen LogP contribution is -2.09. The van der Waals surface area contributed by atoms with E-state index in [4.69, 9.17) is 9.47 Å². The van der Waals surface area contributed by atoms with Crippen LogP contribution in [0.1, 0.15) is 174 Å². The molecule has 0 amide bonds. The van der Waals surface area contributed by atoms with Crippen molar-refractivity contribution in [2.45, 2.75) is 174 Å². The summed E-state index contributed by atoms with van der Waals surface area (Å²) in [5.74, 6) is 0. The molecule has 0 unspecified atom stereocenters. The monoisotopic (exact) mass is 468 g/mol. The van der Waals surface area contributed by atoms with Crippen molar-refractivity contribution in [2.24, 2.45) is 0 Å². The number of carbonyl (C=O) groups excluding carboxylic acids is 1. The van der Waals surface area contributed by atoms with E-state index in [0.717, 1.165) is 25.7 Å². The van der Waals surface area contributed by atoms with Crippen LogP contribution >= 0.6 is 0 Å². The first-order valence-electron chi connectivity index (χ1n) is 15.1. The van der Waals surface area contributed by atoms with Crippen molar-refractivity contribution in [1.82, 2.24) is 0 Å². The summed E-state index contributed by atoms with van der Waals surface area (Å²) in [6.45, 7) is 5.47. The molecule has 0 rings (SSSR count). The molecule has 0 atom stereocenters. The van der Waals surface area contributed by atoms with Crippen LogP contribution in [0.3, 0.4) is 0 Å². The van der Waals surface area contributed by atoms with Crippen molar-refractivity contribution in [3.8, 4) is 0 Å². The quantitative estimate of drug-likeness (QED) is 0.0888. The lowest BCUT2D eigenvalue weighted by molar-refractivity contribution is 0.0529. The van der Waals surface area contributed by atoms with Crippen LogP contribution in [0.2, 0.25) is 0 Å². The number of carbonyl (C=O) groups is 1. The minimum absolute atomic E-state index is 0.486. The van der Waals surface area contributed by atoms with Gasteiger partial charge in [-0.1, -0.05) is 162 Å². The Morgan fingerprint density at radius 2 is 0.576 bits per heavy atom. The highest BCUT2D eigenvalue weighted by atomic mass is 16.7. The largest absolute Gasteiger partial charge is 0.508 e. The average molecular weight is 469 g/mol. The molecule has 0 aliphatic rings. The summed E-state index contributed by atoms with van der Waals surface area (Å²) in [6, 6.07) is 0. The zero-order chi connectivity index (χ0) is 24.1. The third-order valence-electron chi connectivity index (χ3n) is 6.69. The first-order valence-corrected chi connectivity index (χ1v) is 15.1. The van der Waals surface area contributed by atoms with Gasteiger partial charge in [-0.3, -0.25) is 0 Å². The van der Waals surface area contributed by atoms with E-state index in [2.05, 4.69) is 13.8 Å². The molecule has 0 aliphatic heterocycles. The Balaban J connectivity index is 3.08. The highest BCUT2D eigenvalue weighted by Crippen LogP contribution is 2.15. The molecule has 0 saturated carbocycles. The van der Waals surface area contributed by atoms with E-state index in [0.29, 0.717) is 13.2 Å². The molecule has 0 heterocycles. The summed E-state index contributed by atoms with van der Waals surface area (Å²) >= 11 is 0. The van der Waals surface area contributed by atoms with Gasteiger partial charge in [-0.25, -0.2) is 4.79 Å². The second kappa shape index (κ2) is 29.3. The zero-order valence-corrected chi connectivity index (χ0v) is 22.8. The molecule has 0 radical (unpaired) electrons. The van der Waals surface area contributed by atoms with Gasteiger partial charge in [0.1, 0.15) is 0 Å². The maximum Gasteiger partial charge on any atom is 0.508 e. The third kappa shape index (κ3) is 29.2. The van der Waals surface area contributed by atoms with Crippen LogP contribution in [0.25, 0.3) is 0 Å². The smallest absolute Gasteiger partial charge is 0.434 e. The SMILES string of the molecule is CCCCCCCCCCCCCCCCCCCCCCCOC(=O)OCCCCCC. The number of rotatable bonds is 27. The Labute approximate surface area is 208 Å². The molecule has 0 aromatic rings. The molecule has 3 nitrogen and oxygen atoms in total. The first kappa shape index (κ1) is 32.3. The number of unbranched alkanes of at least 4 members (excludes halogenated alkanes) is 23. The maximum absolute atomic E-state index is 11.4. The van der Waals surface area contributed by atoms with Crippen molar-refractivity contribution in [3.63, 3.8) is 0 Å². The summed E-state index contributed by atoms with van der Waals surface area (Å²) in [6.07, 6.45) is 33.0. The predicted octanol–water partition coefficient (Wildman–Crippen LogP) is 10.9. The van der Waals surface area contributed by atoms with E-state index < -0.39 is 6.16 Å². The topological polar surface area (TPSA) is 35.5 Å². The maximum atomic E-state index is 11.4. The molecule has 198 valence electrons. The molecule has 0 aromatic carbocycles. The second-order valence-corrected chi connectivity index (χ2v) is 10.1. The van der Waals surface area contributed by atoms with Gasteiger partial charge >= 0.3 is 6.16 Å². The van der Waals surface area contributed by atoms with Crippen LogP contribution in [0.15, 0.2) is 0 Å². The fourth-order valence-corrected chi connectivity index (χ4v) is 4.42. The minimum atomic E-state index is -0.486. The second-order valence-electron chi connectivity index (χ2n) is 10.1. The molecule has 0 aromatic heterocycles. The number of ether oxygens (including phenoxy) is 2. The Bertz CT molecular complexity index is 370. The summed E-state index contributed by atoms with van der Waals surface area (Å²) in [5, 5.41) is 0. The van der Waals surface area contributed by atoms with Crippen LogP contribution in [0.4, 0.5) is 4.79 Å². The van der Waals surface area contributed by atoms with E-state index >= 15 is 0 Å². The van der Waals surface area contributed by atoms with Gasteiger partial charge in [0.25, 0.3) is 0 Å². The van der Waals surface area contributed by atoms with Gasteiger partial charge in [0.15, 0.2) is 0 Å². The Kier molecular flexibility index (Phi) is 28.7. The fourth-order valence-electron chi connectivity index (χ4n) is 4.42. The molecule has 0 spiro atoms. The fraction of sp³-hybridized carbons (Fsp3) is 0.967. The third-order valence-corrected chi connectivity index (χ3v) is 6.69. The van der Waals surface area contributed by atoms with Crippen molar-refractivity contribution in [3.05, 3.63) is 0 Å². The van der Waals surface area contributed by atoms with Crippen LogP contribution in [-0.4, -0.2) is 19.4 Å². The summed E-state index contributed by atoms with van der Waals surface area (Å²) < 4.78 is 10.2. The normalized spacial score (nSPS) is 11.1.